The van der Waals surface area contributed by atoms with Crippen LogP contribution < -0.4 is 15.5 Å². The molecule has 3 heterocycles. The highest BCUT2D eigenvalue weighted by atomic mass is 16.1. The van der Waals surface area contributed by atoms with Crippen molar-refractivity contribution in [3.05, 3.63) is 42.2 Å². The van der Waals surface area contributed by atoms with Crippen molar-refractivity contribution in [2.45, 2.75) is 31.7 Å². The summed E-state index contributed by atoms with van der Waals surface area (Å²) in [6.45, 7) is 1.98. The van der Waals surface area contributed by atoms with Gasteiger partial charge in [0.1, 0.15) is 5.82 Å². The van der Waals surface area contributed by atoms with Crippen molar-refractivity contribution in [2.75, 3.05) is 28.6 Å². The maximum absolute atomic E-state index is 12.5. The Bertz CT molecular complexity index is 720. The summed E-state index contributed by atoms with van der Waals surface area (Å²) in [4.78, 5) is 23.5. The van der Waals surface area contributed by atoms with Crippen LogP contribution in [0.25, 0.3) is 0 Å². The number of nitrogens with zero attached hydrogens (tertiary/aromatic N) is 3. The fraction of sp³-hybridized carbons (Fsp3) is 0.389. The van der Waals surface area contributed by atoms with Gasteiger partial charge in [-0.25, -0.2) is 9.97 Å². The molecule has 24 heavy (non-hydrogen) atoms. The highest BCUT2D eigenvalue weighted by Gasteiger charge is 2.21. The van der Waals surface area contributed by atoms with E-state index >= 15 is 0 Å². The first kappa shape index (κ1) is 14.9. The lowest BCUT2D eigenvalue weighted by Gasteiger charge is -2.19. The molecule has 1 aliphatic heterocycles. The Morgan fingerprint density at radius 2 is 1.96 bits per heavy atom. The fourth-order valence-electron chi connectivity index (χ4n) is 2.92. The summed E-state index contributed by atoms with van der Waals surface area (Å²) in [5.74, 6) is 1.52. The van der Waals surface area contributed by atoms with E-state index in [1.165, 1.54) is 25.7 Å². The van der Waals surface area contributed by atoms with Crippen molar-refractivity contribution < 1.29 is 4.79 Å². The Kier molecular flexibility index (Phi) is 4.02. The van der Waals surface area contributed by atoms with Gasteiger partial charge in [-0.05, 0) is 49.9 Å². The molecule has 1 saturated heterocycles. The smallest absolute Gasteiger partial charge is 0.257 e. The zero-order chi connectivity index (χ0) is 16.4. The van der Waals surface area contributed by atoms with Gasteiger partial charge in [0.25, 0.3) is 5.91 Å². The number of carbonyl (C=O) groups is 1. The van der Waals surface area contributed by atoms with E-state index < -0.39 is 0 Å². The van der Waals surface area contributed by atoms with Crippen molar-refractivity contribution in [2.24, 2.45) is 0 Å². The Balaban J connectivity index is 1.47. The minimum Gasteiger partial charge on any atom is -0.367 e. The first-order valence-electron chi connectivity index (χ1n) is 8.53. The molecule has 1 aliphatic carbocycles. The number of amides is 1. The van der Waals surface area contributed by atoms with Gasteiger partial charge in [0.15, 0.2) is 5.82 Å². The minimum absolute atomic E-state index is 0.158. The Hall–Kier alpha value is -2.63. The number of rotatable bonds is 5. The molecule has 2 fully saturated rings. The van der Waals surface area contributed by atoms with Gasteiger partial charge in [0.05, 0.1) is 11.3 Å². The third kappa shape index (κ3) is 3.32. The average molecular weight is 323 g/mol. The molecule has 2 aromatic rings. The lowest BCUT2D eigenvalue weighted by Crippen LogP contribution is -2.22. The van der Waals surface area contributed by atoms with E-state index in [9.17, 15) is 4.79 Å². The van der Waals surface area contributed by atoms with Crippen LogP contribution in [0.4, 0.5) is 17.3 Å². The van der Waals surface area contributed by atoms with Gasteiger partial charge in [0, 0.05) is 31.5 Å². The first-order valence-corrected chi connectivity index (χ1v) is 8.53. The SMILES string of the molecule is O=C(Nc1cccnc1N1CCCC1)c1ccc(NC2CC2)nc1. The van der Waals surface area contributed by atoms with Crippen molar-refractivity contribution in [3.63, 3.8) is 0 Å². The number of aromatic nitrogens is 2. The molecule has 1 saturated carbocycles. The second-order valence-corrected chi connectivity index (χ2v) is 6.37. The second-order valence-electron chi connectivity index (χ2n) is 6.37. The molecule has 0 aromatic carbocycles. The molecule has 2 N–H and O–H groups in total. The average Bonchev–Trinajstić information content (AvgIpc) is 3.25. The Morgan fingerprint density at radius 1 is 1.12 bits per heavy atom. The fourth-order valence-corrected chi connectivity index (χ4v) is 2.92. The summed E-state index contributed by atoms with van der Waals surface area (Å²) in [6, 6.07) is 7.96. The second kappa shape index (κ2) is 6.47. The van der Waals surface area contributed by atoms with Gasteiger partial charge in [-0.2, -0.15) is 0 Å². The molecule has 0 bridgehead atoms. The van der Waals surface area contributed by atoms with E-state index in [0.717, 1.165) is 30.4 Å². The van der Waals surface area contributed by atoms with E-state index in [2.05, 4.69) is 25.5 Å². The Morgan fingerprint density at radius 3 is 2.67 bits per heavy atom. The van der Waals surface area contributed by atoms with Crippen molar-refractivity contribution in [1.82, 2.24) is 9.97 Å². The highest BCUT2D eigenvalue weighted by Crippen LogP contribution is 2.27. The van der Waals surface area contributed by atoms with E-state index in [4.69, 9.17) is 0 Å². The molecule has 124 valence electrons. The molecular formula is C18H21N5O. The van der Waals surface area contributed by atoms with Crippen LogP contribution >= 0.6 is 0 Å². The third-order valence-corrected chi connectivity index (χ3v) is 4.40. The van der Waals surface area contributed by atoms with E-state index in [-0.39, 0.29) is 5.91 Å². The van der Waals surface area contributed by atoms with Crippen molar-refractivity contribution in [3.8, 4) is 0 Å². The number of hydrogen-bond acceptors (Lipinski definition) is 5. The van der Waals surface area contributed by atoms with Crippen molar-refractivity contribution in [1.29, 1.82) is 0 Å². The van der Waals surface area contributed by atoms with E-state index in [1.54, 1.807) is 18.5 Å². The van der Waals surface area contributed by atoms with Crippen LogP contribution in [0.15, 0.2) is 36.7 Å². The summed E-state index contributed by atoms with van der Waals surface area (Å²) in [6.07, 6.45) is 8.12. The van der Waals surface area contributed by atoms with Gasteiger partial charge in [-0.1, -0.05) is 0 Å². The summed E-state index contributed by atoms with van der Waals surface area (Å²) in [7, 11) is 0. The molecule has 0 spiro atoms. The van der Waals surface area contributed by atoms with Gasteiger partial charge in [0.2, 0.25) is 0 Å². The number of pyridine rings is 2. The van der Waals surface area contributed by atoms with Crippen LogP contribution in [0.1, 0.15) is 36.0 Å². The Labute approximate surface area is 141 Å². The van der Waals surface area contributed by atoms with Crippen LogP contribution in [0.5, 0.6) is 0 Å². The third-order valence-electron chi connectivity index (χ3n) is 4.40. The van der Waals surface area contributed by atoms with E-state index in [0.29, 0.717) is 11.6 Å². The van der Waals surface area contributed by atoms with Gasteiger partial charge in [-0.15, -0.1) is 0 Å². The summed E-state index contributed by atoms with van der Waals surface area (Å²) >= 11 is 0. The molecule has 0 radical (unpaired) electrons. The largest absolute Gasteiger partial charge is 0.367 e. The zero-order valence-corrected chi connectivity index (χ0v) is 13.5. The molecule has 1 amide bonds. The molecule has 6 nitrogen and oxygen atoms in total. The van der Waals surface area contributed by atoms with Gasteiger partial charge in [-0.3, -0.25) is 4.79 Å². The van der Waals surface area contributed by atoms with Gasteiger partial charge < -0.3 is 15.5 Å². The quantitative estimate of drug-likeness (QED) is 0.885. The standard InChI is InChI=1S/C18H21N5O/c24-18(13-5-8-16(20-12-13)21-14-6-7-14)22-15-4-3-9-19-17(15)23-10-1-2-11-23/h3-5,8-9,12,14H,1-2,6-7,10-11H2,(H,20,21)(H,22,24). The molecule has 0 unspecified atom stereocenters. The van der Waals surface area contributed by atoms with E-state index in [1.807, 2.05) is 18.2 Å². The summed E-state index contributed by atoms with van der Waals surface area (Å²) in [5, 5.41) is 6.29. The molecule has 4 rings (SSSR count). The maximum atomic E-state index is 12.5. The monoisotopic (exact) mass is 323 g/mol. The number of nitrogens with one attached hydrogen (secondary N) is 2. The van der Waals surface area contributed by atoms with Gasteiger partial charge >= 0.3 is 0 Å². The molecule has 2 aromatic heterocycles. The first-order chi connectivity index (χ1) is 11.8. The summed E-state index contributed by atoms with van der Waals surface area (Å²) < 4.78 is 0. The molecule has 0 atom stereocenters. The molecule has 2 aliphatic rings. The zero-order valence-electron chi connectivity index (χ0n) is 13.5. The maximum Gasteiger partial charge on any atom is 0.257 e. The number of carbonyl (C=O) groups excluding carboxylic acids is 1. The number of hydrogen-bond donors (Lipinski definition) is 2. The van der Waals surface area contributed by atoms with Crippen LogP contribution in [-0.4, -0.2) is 35.0 Å². The van der Waals surface area contributed by atoms with Crippen LogP contribution in [0.2, 0.25) is 0 Å². The van der Waals surface area contributed by atoms with Crippen LogP contribution in [0, 0.1) is 0 Å². The lowest BCUT2D eigenvalue weighted by molar-refractivity contribution is 0.102. The molecular weight excluding hydrogens is 302 g/mol. The predicted octanol–water partition coefficient (Wildman–Crippen LogP) is 2.90. The highest BCUT2D eigenvalue weighted by molar-refractivity contribution is 6.05. The lowest BCUT2D eigenvalue weighted by atomic mass is 10.2. The minimum atomic E-state index is -0.158. The number of anilines is 3. The summed E-state index contributed by atoms with van der Waals surface area (Å²) in [5.41, 5.74) is 1.30. The predicted molar refractivity (Wildman–Crippen MR) is 94.5 cm³/mol. The van der Waals surface area contributed by atoms with Crippen LogP contribution in [0.3, 0.4) is 0 Å². The molecule has 6 heteroatoms. The van der Waals surface area contributed by atoms with Crippen molar-refractivity contribution >= 4 is 23.2 Å². The normalized spacial score (nSPS) is 16.9. The topological polar surface area (TPSA) is 70.2 Å². The van der Waals surface area contributed by atoms with Crippen LogP contribution in [-0.2, 0) is 0 Å².